The van der Waals surface area contributed by atoms with Crippen LogP contribution in [-0.2, 0) is 19.1 Å². The van der Waals surface area contributed by atoms with Gasteiger partial charge in [0.1, 0.15) is 0 Å². The van der Waals surface area contributed by atoms with E-state index in [1.165, 1.54) is 12.1 Å². The van der Waals surface area contributed by atoms with Crippen molar-refractivity contribution in [3.63, 3.8) is 0 Å². The van der Waals surface area contributed by atoms with Gasteiger partial charge < -0.3 is 10.1 Å². The van der Waals surface area contributed by atoms with Gasteiger partial charge in [-0.2, -0.15) is 0 Å². The summed E-state index contributed by atoms with van der Waals surface area (Å²) in [6.45, 7) is 1.27. The van der Waals surface area contributed by atoms with Crippen molar-refractivity contribution in [2.24, 2.45) is 11.8 Å². The molecule has 1 aliphatic carbocycles. The van der Waals surface area contributed by atoms with Gasteiger partial charge in [-0.3, -0.25) is 19.3 Å². The number of hydrogen-bond acceptors (Lipinski definition) is 5. The molecule has 0 saturated carbocycles. The van der Waals surface area contributed by atoms with Crippen molar-refractivity contribution < 1.29 is 23.9 Å². The maximum atomic E-state index is 12.8. The molecule has 3 amide bonds. The first-order valence-electron chi connectivity index (χ1n) is 10.2. The van der Waals surface area contributed by atoms with Gasteiger partial charge in [0.2, 0.25) is 11.8 Å². The Kier molecular flexibility index (Phi) is 6.10. The zero-order chi connectivity index (χ0) is 22.8. The molecule has 1 aliphatic heterocycles. The van der Waals surface area contributed by atoms with Gasteiger partial charge in [-0.05, 0) is 55.7 Å². The van der Waals surface area contributed by atoms with Crippen LogP contribution in [-0.4, -0.2) is 30.3 Å². The number of fused-ring (bicyclic) bond motifs is 1. The number of carbonyl (C=O) groups is 4. The number of imide groups is 1. The van der Waals surface area contributed by atoms with Crippen molar-refractivity contribution in [2.75, 3.05) is 16.8 Å². The molecular weight excluding hydrogens is 432 g/mol. The number of anilines is 2. The Morgan fingerprint density at radius 2 is 1.72 bits per heavy atom. The number of amides is 3. The smallest absolute Gasteiger partial charge is 0.338 e. The summed E-state index contributed by atoms with van der Waals surface area (Å²) in [6, 6.07) is 11.2. The van der Waals surface area contributed by atoms with Crippen molar-refractivity contribution in [3.05, 3.63) is 70.8 Å². The van der Waals surface area contributed by atoms with Crippen LogP contribution in [0, 0.1) is 18.8 Å². The van der Waals surface area contributed by atoms with Gasteiger partial charge in [-0.25, -0.2) is 4.79 Å². The molecular formula is C24H21ClN2O5. The minimum Gasteiger partial charge on any atom is -0.452 e. The van der Waals surface area contributed by atoms with Crippen molar-refractivity contribution >= 4 is 46.7 Å². The van der Waals surface area contributed by atoms with E-state index in [9.17, 15) is 19.2 Å². The van der Waals surface area contributed by atoms with Crippen LogP contribution in [0.3, 0.4) is 0 Å². The van der Waals surface area contributed by atoms with Gasteiger partial charge in [0.25, 0.3) is 5.91 Å². The first-order valence-corrected chi connectivity index (χ1v) is 10.6. The summed E-state index contributed by atoms with van der Waals surface area (Å²) in [5.74, 6) is -2.48. The van der Waals surface area contributed by atoms with E-state index >= 15 is 0 Å². The molecule has 0 aromatic heterocycles. The topological polar surface area (TPSA) is 92.8 Å². The Hall–Kier alpha value is -3.45. The van der Waals surface area contributed by atoms with Crippen LogP contribution < -0.4 is 10.2 Å². The first kappa shape index (κ1) is 21.8. The Bertz CT molecular complexity index is 1120. The third-order valence-corrected chi connectivity index (χ3v) is 6.13. The first-order chi connectivity index (χ1) is 15.4. The van der Waals surface area contributed by atoms with Gasteiger partial charge in [0.05, 0.1) is 23.1 Å². The highest BCUT2D eigenvalue weighted by molar-refractivity contribution is 6.31. The zero-order valence-electron chi connectivity index (χ0n) is 17.3. The average molecular weight is 453 g/mol. The highest BCUT2D eigenvalue weighted by Gasteiger charge is 2.47. The van der Waals surface area contributed by atoms with Crippen LogP contribution in [0.15, 0.2) is 54.6 Å². The van der Waals surface area contributed by atoms with Crippen LogP contribution in [0.1, 0.15) is 28.8 Å². The average Bonchev–Trinajstić information content (AvgIpc) is 3.05. The van der Waals surface area contributed by atoms with E-state index in [1.54, 1.807) is 37.3 Å². The second kappa shape index (κ2) is 8.96. The lowest BCUT2D eigenvalue weighted by atomic mass is 9.85. The lowest BCUT2D eigenvalue weighted by molar-refractivity contribution is -0.122. The van der Waals surface area contributed by atoms with Crippen LogP contribution in [0.4, 0.5) is 11.4 Å². The molecule has 0 unspecified atom stereocenters. The number of nitrogens with one attached hydrogen (secondary N) is 1. The summed E-state index contributed by atoms with van der Waals surface area (Å²) in [5.41, 5.74) is 1.70. The Morgan fingerprint density at radius 3 is 2.41 bits per heavy atom. The number of ether oxygens (including phenoxy) is 1. The summed E-state index contributed by atoms with van der Waals surface area (Å²) >= 11 is 6.04. The predicted octanol–water partition coefficient (Wildman–Crippen LogP) is 3.90. The Balaban J connectivity index is 1.41. The van der Waals surface area contributed by atoms with E-state index in [-0.39, 0.29) is 29.2 Å². The monoisotopic (exact) mass is 452 g/mol. The molecule has 4 rings (SSSR count). The van der Waals surface area contributed by atoms with Crippen LogP contribution in [0.2, 0.25) is 5.02 Å². The highest BCUT2D eigenvalue weighted by atomic mass is 35.5. The molecule has 164 valence electrons. The molecule has 32 heavy (non-hydrogen) atoms. The number of carbonyl (C=O) groups excluding carboxylic acids is 4. The Labute approximate surface area is 190 Å². The molecule has 1 fully saturated rings. The molecule has 1 N–H and O–H groups in total. The third-order valence-electron chi connectivity index (χ3n) is 5.72. The number of esters is 1. The summed E-state index contributed by atoms with van der Waals surface area (Å²) in [4.78, 5) is 51.3. The number of halogens is 1. The van der Waals surface area contributed by atoms with Crippen LogP contribution in [0.5, 0.6) is 0 Å². The van der Waals surface area contributed by atoms with Gasteiger partial charge in [0, 0.05) is 10.7 Å². The number of rotatable bonds is 5. The Morgan fingerprint density at radius 1 is 1.06 bits per heavy atom. The van der Waals surface area contributed by atoms with E-state index in [0.29, 0.717) is 34.8 Å². The largest absolute Gasteiger partial charge is 0.452 e. The third kappa shape index (κ3) is 4.16. The molecule has 2 aliphatic rings. The zero-order valence-corrected chi connectivity index (χ0v) is 18.1. The van der Waals surface area contributed by atoms with E-state index < -0.39 is 18.5 Å². The number of nitrogens with zero attached hydrogens (tertiary/aromatic N) is 1. The maximum Gasteiger partial charge on any atom is 0.338 e. The summed E-state index contributed by atoms with van der Waals surface area (Å²) in [7, 11) is 0. The van der Waals surface area contributed by atoms with Gasteiger partial charge >= 0.3 is 5.97 Å². The fraction of sp³-hybridized carbons (Fsp3) is 0.250. The molecule has 2 aromatic carbocycles. The minimum atomic E-state index is -0.733. The molecule has 8 heteroatoms. The predicted molar refractivity (Wildman–Crippen MR) is 119 cm³/mol. The molecule has 1 saturated heterocycles. The van der Waals surface area contributed by atoms with E-state index in [1.807, 2.05) is 12.2 Å². The molecule has 0 bridgehead atoms. The molecule has 0 spiro atoms. The normalized spacial score (nSPS) is 19.6. The number of benzene rings is 2. The fourth-order valence-corrected chi connectivity index (χ4v) is 4.14. The SMILES string of the molecule is Cc1c(Cl)cccc1NC(=O)COC(=O)c1cccc(N2C(=O)[C@H]3CC=CC[C@@H]3C2=O)c1. The van der Waals surface area contributed by atoms with Crippen molar-refractivity contribution in [1.29, 1.82) is 0 Å². The fourth-order valence-electron chi connectivity index (χ4n) is 3.97. The molecule has 7 nitrogen and oxygen atoms in total. The summed E-state index contributed by atoms with van der Waals surface area (Å²) < 4.78 is 5.12. The van der Waals surface area contributed by atoms with Gasteiger partial charge in [0.15, 0.2) is 6.61 Å². The van der Waals surface area contributed by atoms with Crippen molar-refractivity contribution in [2.45, 2.75) is 19.8 Å². The van der Waals surface area contributed by atoms with Crippen LogP contribution >= 0.6 is 11.6 Å². The summed E-state index contributed by atoms with van der Waals surface area (Å²) in [6.07, 6.45) is 4.91. The van der Waals surface area contributed by atoms with E-state index in [4.69, 9.17) is 16.3 Å². The van der Waals surface area contributed by atoms with E-state index in [2.05, 4.69) is 5.32 Å². The summed E-state index contributed by atoms with van der Waals surface area (Å²) in [5, 5.41) is 3.16. The number of allylic oxidation sites excluding steroid dienone is 2. The quantitative estimate of drug-likeness (QED) is 0.422. The standard InChI is InChI=1S/C24H21ClN2O5/c1-14-19(25)10-5-11-20(14)26-21(28)13-32-24(31)15-6-4-7-16(12-15)27-22(29)17-8-2-3-9-18(17)23(27)30/h2-7,10-12,17-18H,8-9,13H2,1H3,(H,26,28)/t17-,18-/m0/s1. The maximum absolute atomic E-state index is 12.8. The molecule has 2 atom stereocenters. The van der Waals surface area contributed by atoms with Crippen molar-refractivity contribution in [1.82, 2.24) is 0 Å². The second-order valence-corrected chi connectivity index (χ2v) is 8.16. The van der Waals surface area contributed by atoms with Gasteiger partial charge in [-0.15, -0.1) is 0 Å². The molecule has 0 radical (unpaired) electrons. The van der Waals surface area contributed by atoms with Gasteiger partial charge in [-0.1, -0.05) is 35.9 Å². The second-order valence-electron chi connectivity index (χ2n) is 7.75. The van der Waals surface area contributed by atoms with Crippen molar-refractivity contribution in [3.8, 4) is 0 Å². The van der Waals surface area contributed by atoms with E-state index in [0.717, 1.165) is 4.90 Å². The molecule has 1 heterocycles. The lowest BCUT2D eigenvalue weighted by Crippen LogP contribution is -2.31. The highest BCUT2D eigenvalue weighted by Crippen LogP contribution is 2.37. The van der Waals surface area contributed by atoms with Crippen LogP contribution in [0.25, 0.3) is 0 Å². The molecule has 2 aromatic rings. The number of hydrogen-bond donors (Lipinski definition) is 1. The minimum absolute atomic E-state index is 0.142. The lowest BCUT2D eigenvalue weighted by Gasteiger charge is -2.15.